The van der Waals surface area contributed by atoms with Crippen LogP contribution in [0.4, 0.5) is 10.5 Å². The van der Waals surface area contributed by atoms with Gasteiger partial charge in [-0.25, -0.2) is 9.80 Å². The lowest BCUT2D eigenvalue weighted by atomic mass is 10.1. The number of ether oxygens (including phenoxy) is 4. The molecule has 0 aliphatic carbocycles. The van der Waals surface area contributed by atoms with Crippen molar-refractivity contribution in [3.63, 3.8) is 0 Å². The van der Waals surface area contributed by atoms with Gasteiger partial charge in [-0.2, -0.15) is 0 Å². The van der Waals surface area contributed by atoms with E-state index >= 15 is 0 Å². The summed E-state index contributed by atoms with van der Waals surface area (Å²) in [6.07, 6.45) is 1.67. The molecule has 2 aromatic carbocycles. The molecule has 0 spiro atoms. The van der Waals surface area contributed by atoms with Gasteiger partial charge in [0.2, 0.25) is 0 Å². The number of hydrazine groups is 1. The molecular weight excluding hydrogens is 400 g/mol. The summed E-state index contributed by atoms with van der Waals surface area (Å²) in [5, 5.41) is 2.39. The summed E-state index contributed by atoms with van der Waals surface area (Å²) < 4.78 is 22.7. The fraction of sp³-hybridized carbons (Fsp3) is 0.273. The second kappa shape index (κ2) is 8.57. The summed E-state index contributed by atoms with van der Waals surface area (Å²) >= 11 is 0. The fourth-order valence-corrected chi connectivity index (χ4v) is 3.39. The van der Waals surface area contributed by atoms with E-state index in [2.05, 4.69) is 10.4 Å². The third-order valence-electron chi connectivity index (χ3n) is 4.79. The maximum Gasteiger partial charge on any atom is 0.336 e. The number of urea groups is 1. The topological polar surface area (TPSA) is 85.4 Å². The SMILES string of the molecule is COc1cc2nccc(Oc3ccc4c(c3)OCCN4C(=O)NN(C)C)c2cc1OC. The van der Waals surface area contributed by atoms with E-state index in [4.69, 9.17) is 18.9 Å². The van der Waals surface area contributed by atoms with E-state index in [1.165, 1.54) is 0 Å². The summed E-state index contributed by atoms with van der Waals surface area (Å²) in [4.78, 5) is 18.5. The molecule has 9 nitrogen and oxygen atoms in total. The highest BCUT2D eigenvalue weighted by atomic mass is 16.5. The number of nitrogens with one attached hydrogen (secondary N) is 1. The summed E-state index contributed by atoms with van der Waals surface area (Å²) in [5.74, 6) is 2.96. The Labute approximate surface area is 180 Å². The lowest BCUT2D eigenvalue weighted by Crippen LogP contribution is -2.48. The van der Waals surface area contributed by atoms with Gasteiger partial charge in [0.25, 0.3) is 0 Å². The molecule has 162 valence electrons. The molecule has 0 atom stereocenters. The highest BCUT2D eigenvalue weighted by Gasteiger charge is 2.24. The highest BCUT2D eigenvalue weighted by molar-refractivity contribution is 5.94. The number of nitrogens with zero attached hydrogens (tertiary/aromatic N) is 3. The zero-order chi connectivity index (χ0) is 22.0. The van der Waals surface area contributed by atoms with Crippen LogP contribution in [0.3, 0.4) is 0 Å². The number of rotatable bonds is 5. The number of carbonyl (C=O) groups excluding carboxylic acids is 1. The number of hydrogen-bond acceptors (Lipinski definition) is 7. The number of carbonyl (C=O) groups is 1. The van der Waals surface area contributed by atoms with Crippen LogP contribution in [-0.4, -0.2) is 57.5 Å². The molecule has 1 aliphatic heterocycles. The first-order chi connectivity index (χ1) is 15.0. The molecule has 9 heteroatoms. The smallest absolute Gasteiger partial charge is 0.336 e. The minimum absolute atomic E-state index is 0.218. The van der Waals surface area contributed by atoms with Gasteiger partial charge in [-0.15, -0.1) is 0 Å². The fourth-order valence-electron chi connectivity index (χ4n) is 3.39. The first-order valence-corrected chi connectivity index (χ1v) is 9.71. The average molecular weight is 424 g/mol. The average Bonchev–Trinajstić information content (AvgIpc) is 2.77. The van der Waals surface area contributed by atoms with Crippen LogP contribution in [0.25, 0.3) is 10.9 Å². The van der Waals surface area contributed by atoms with Crippen molar-refractivity contribution in [3.8, 4) is 28.7 Å². The molecule has 0 radical (unpaired) electrons. The number of pyridine rings is 1. The first kappa shape index (κ1) is 20.5. The Hall–Kier alpha value is -3.72. The van der Waals surface area contributed by atoms with Crippen LogP contribution in [-0.2, 0) is 0 Å². The van der Waals surface area contributed by atoms with E-state index in [0.29, 0.717) is 47.6 Å². The van der Waals surface area contributed by atoms with Gasteiger partial charge in [-0.3, -0.25) is 15.3 Å². The van der Waals surface area contributed by atoms with Crippen molar-refractivity contribution in [2.45, 2.75) is 0 Å². The van der Waals surface area contributed by atoms with E-state index < -0.39 is 0 Å². The number of benzene rings is 2. The van der Waals surface area contributed by atoms with Crippen LogP contribution in [0, 0.1) is 0 Å². The molecule has 0 unspecified atom stereocenters. The van der Waals surface area contributed by atoms with Gasteiger partial charge in [-0.1, -0.05) is 0 Å². The van der Waals surface area contributed by atoms with Gasteiger partial charge in [0, 0.05) is 37.8 Å². The Balaban J connectivity index is 1.65. The molecule has 2 amide bonds. The Morgan fingerprint density at radius 3 is 2.61 bits per heavy atom. The van der Waals surface area contributed by atoms with Crippen molar-refractivity contribution in [1.29, 1.82) is 0 Å². The Bertz CT molecular complexity index is 1120. The monoisotopic (exact) mass is 424 g/mol. The molecule has 31 heavy (non-hydrogen) atoms. The molecule has 0 bridgehead atoms. The number of anilines is 1. The van der Waals surface area contributed by atoms with Crippen molar-refractivity contribution in [1.82, 2.24) is 15.4 Å². The Morgan fingerprint density at radius 2 is 1.87 bits per heavy atom. The lowest BCUT2D eigenvalue weighted by Gasteiger charge is -2.30. The molecule has 0 fully saturated rings. The molecule has 1 aromatic heterocycles. The minimum Gasteiger partial charge on any atom is -0.493 e. The molecule has 3 aromatic rings. The zero-order valence-corrected chi connectivity index (χ0v) is 17.8. The van der Waals surface area contributed by atoms with Gasteiger partial charge in [0.15, 0.2) is 11.5 Å². The number of hydrogen-bond donors (Lipinski definition) is 1. The molecule has 2 heterocycles. The van der Waals surface area contributed by atoms with Gasteiger partial charge in [0.05, 0.1) is 32.0 Å². The predicted octanol–water partition coefficient (Wildman–Crippen LogP) is 3.43. The van der Waals surface area contributed by atoms with E-state index in [0.717, 1.165) is 10.9 Å². The number of amides is 2. The van der Waals surface area contributed by atoms with Gasteiger partial charge < -0.3 is 18.9 Å². The van der Waals surface area contributed by atoms with Crippen molar-refractivity contribution in [2.24, 2.45) is 0 Å². The summed E-state index contributed by atoms with van der Waals surface area (Å²) in [6.45, 7) is 0.857. The minimum atomic E-state index is -0.218. The Morgan fingerprint density at radius 1 is 1.10 bits per heavy atom. The van der Waals surface area contributed by atoms with Crippen LogP contribution >= 0.6 is 0 Å². The number of methoxy groups -OCH3 is 2. The molecular formula is C22H24N4O5. The van der Waals surface area contributed by atoms with Crippen molar-refractivity contribution in [2.75, 3.05) is 46.4 Å². The molecule has 1 aliphatic rings. The van der Waals surface area contributed by atoms with E-state index in [1.807, 2.05) is 12.1 Å². The molecule has 0 saturated heterocycles. The van der Waals surface area contributed by atoms with Crippen LogP contribution in [0.5, 0.6) is 28.7 Å². The van der Waals surface area contributed by atoms with E-state index in [9.17, 15) is 4.79 Å². The van der Waals surface area contributed by atoms with Crippen molar-refractivity contribution >= 4 is 22.6 Å². The number of fused-ring (bicyclic) bond motifs is 2. The van der Waals surface area contributed by atoms with Gasteiger partial charge >= 0.3 is 6.03 Å². The maximum atomic E-state index is 12.5. The van der Waals surface area contributed by atoms with Crippen molar-refractivity contribution < 1.29 is 23.7 Å². The van der Waals surface area contributed by atoms with Gasteiger partial charge in [0.1, 0.15) is 23.9 Å². The summed E-state index contributed by atoms with van der Waals surface area (Å²) in [6, 6.07) is 10.6. The summed E-state index contributed by atoms with van der Waals surface area (Å²) in [5.41, 5.74) is 4.16. The van der Waals surface area contributed by atoms with Crippen molar-refractivity contribution in [3.05, 3.63) is 42.6 Å². The van der Waals surface area contributed by atoms with Crippen LogP contribution < -0.4 is 29.3 Å². The second-order valence-corrected chi connectivity index (χ2v) is 7.08. The third-order valence-corrected chi connectivity index (χ3v) is 4.79. The highest BCUT2D eigenvalue weighted by Crippen LogP contribution is 2.39. The standard InChI is InChI=1S/C22H24N4O5/c1-25(2)24-22(27)26-9-10-30-19-11-14(5-6-17(19)26)31-18-7-8-23-16-13-21(29-4)20(28-3)12-15(16)18/h5-8,11-13H,9-10H2,1-4H3,(H,24,27). The van der Waals surface area contributed by atoms with E-state index in [-0.39, 0.29) is 6.03 Å². The van der Waals surface area contributed by atoms with Crippen LogP contribution in [0.2, 0.25) is 0 Å². The molecule has 1 N–H and O–H groups in total. The Kier molecular flexibility index (Phi) is 5.68. The quantitative estimate of drug-likeness (QED) is 0.628. The van der Waals surface area contributed by atoms with Gasteiger partial charge in [-0.05, 0) is 24.3 Å². The first-order valence-electron chi connectivity index (χ1n) is 9.71. The lowest BCUT2D eigenvalue weighted by molar-refractivity contribution is 0.213. The predicted molar refractivity (Wildman–Crippen MR) is 116 cm³/mol. The molecule has 0 saturated carbocycles. The van der Waals surface area contributed by atoms with Crippen LogP contribution in [0.1, 0.15) is 0 Å². The summed E-state index contributed by atoms with van der Waals surface area (Å²) in [7, 11) is 6.69. The van der Waals surface area contributed by atoms with E-state index in [1.54, 1.807) is 68.7 Å². The zero-order valence-electron chi connectivity index (χ0n) is 17.8. The molecule has 4 rings (SSSR count). The normalized spacial score (nSPS) is 12.9. The maximum absolute atomic E-state index is 12.5. The van der Waals surface area contributed by atoms with Crippen LogP contribution in [0.15, 0.2) is 42.6 Å². The second-order valence-electron chi connectivity index (χ2n) is 7.08. The largest absolute Gasteiger partial charge is 0.493 e. The third kappa shape index (κ3) is 4.13. The number of aromatic nitrogens is 1.